The lowest BCUT2D eigenvalue weighted by Gasteiger charge is -2.10. The Balaban J connectivity index is 2.44. The quantitative estimate of drug-likeness (QED) is 0.837. The predicted molar refractivity (Wildman–Crippen MR) is 77.5 cm³/mol. The second-order valence-electron chi connectivity index (χ2n) is 4.17. The zero-order valence-corrected chi connectivity index (χ0v) is 11.6. The minimum absolute atomic E-state index is 0.0427. The van der Waals surface area contributed by atoms with Gasteiger partial charge in [-0.2, -0.15) is 10.5 Å². The summed E-state index contributed by atoms with van der Waals surface area (Å²) in [5, 5.41) is 17.8. The summed E-state index contributed by atoms with van der Waals surface area (Å²) in [5.74, 6) is 0. The van der Waals surface area contributed by atoms with E-state index in [1.54, 1.807) is 18.2 Å². The van der Waals surface area contributed by atoms with Crippen LogP contribution in [0.1, 0.15) is 11.1 Å². The van der Waals surface area contributed by atoms with Gasteiger partial charge in [0.05, 0.1) is 22.9 Å². The van der Waals surface area contributed by atoms with Crippen LogP contribution in [-0.4, -0.2) is 8.42 Å². The first kappa shape index (κ1) is 14.4. The molecule has 2 aromatic rings. The van der Waals surface area contributed by atoms with Crippen LogP contribution < -0.4 is 10.5 Å². The number of hydrogen-bond donors (Lipinski definition) is 2. The average molecular weight is 298 g/mol. The van der Waals surface area contributed by atoms with Crippen molar-refractivity contribution in [1.82, 2.24) is 0 Å². The van der Waals surface area contributed by atoms with E-state index >= 15 is 0 Å². The van der Waals surface area contributed by atoms with Crippen molar-refractivity contribution in [2.24, 2.45) is 0 Å². The molecule has 104 valence electrons. The number of hydrogen-bond acceptors (Lipinski definition) is 5. The standard InChI is InChI=1S/C14H10N4O2S/c15-8-10-2-1-3-13(6-10)18-21(19,20)14-5-4-12(17)7-11(14)9-16/h1-7,18H,17H2. The van der Waals surface area contributed by atoms with Crippen LogP contribution in [0.3, 0.4) is 0 Å². The third kappa shape index (κ3) is 3.11. The number of anilines is 2. The molecule has 0 saturated carbocycles. The van der Waals surface area contributed by atoms with Gasteiger partial charge in [-0.3, -0.25) is 4.72 Å². The number of nitriles is 2. The molecule has 0 bridgehead atoms. The zero-order valence-electron chi connectivity index (χ0n) is 10.7. The summed E-state index contributed by atoms with van der Waals surface area (Å²) in [7, 11) is -3.94. The predicted octanol–water partition coefficient (Wildman–Crippen LogP) is 1.81. The molecule has 0 heterocycles. The topological polar surface area (TPSA) is 120 Å². The third-order valence-corrected chi connectivity index (χ3v) is 4.10. The van der Waals surface area contributed by atoms with Crippen LogP contribution in [0, 0.1) is 22.7 Å². The van der Waals surface area contributed by atoms with Crippen molar-refractivity contribution in [1.29, 1.82) is 10.5 Å². The van der Waals surface area contributed by atoms with Crippen LogP contribution in [0.4, 0.5) is 11.4 Å². The maximum Gasteiger partial charge on any atom is 0.263 e. The highest BCUT2D eigenvalue weighted by molar-refractivity contribution is 7.92. The first-order valence-electron chi connectivity index (χ1n) is 5.79. The molecule has 0 aliphatic carbocycles. The lowest BCUT2D eigenvalue weighted by Crippen LogP contribution is -2.14. The fourth-order valence-electron chi connectivity index (χ4n) is 1.73. The lowest BCUT2D eigenvalue weighted by molar-refractivity contribution is 0.601. The molecular weight excluding hydrogens is 288 g/mol. The molecule has 2 rings (SSSR count). The normalized spacial score (nSPS) is 10.4. The van der Waals surface area contributed by atoms with E-state index in [-0.39, 0.29) is 16.1 Å². The molecule has 0 aliphatic rings. The number of rotatable bonds is 3. The van der Waals surface area contributed by atoms with E-state index in [2.05, 4.69) is 4.72 Å². The maximum atomic E-state index is 12.3. The molecule has 0 unspecified atom stereocenters. The van der Waals surface area contributed by atoms with Gasteiger partial charge in [-0.05, 0) is 36.4 Å². The minimum atomic E-state index is -3.94. The van der Waals surface area contributed by atoms with Crippen molar-refractivity contribution in [2.75, 3.05) is 10.5 Å². The Hall–Kier alpha value is -3.03. The van der Waals surface area contributed by atoms with Crippen molar-refractivity contribution >= 4 is 21.4 Å². The first-order chi connectivity index (χ1) is 9.96. The van der Waals surface area contributed by atoms with E-state index in [0.717, 1.165) is 0 Å². The Morgan fingerprint density at radius 1 is 1.05 bits per heavy atom. The molecule has 0 aromatic heterocycles. The second-order valence-corrected chi connectivity index (χ2v) is 5.82. The average Bonchev–Trinajstić information content (AvgIpc) is 2.46. The van der Waals surface area contributed by atoms with Gasteiger partial charge in [-0.1, -0.05) is 6.07 Å². The summed E-state index contributed by atoms with van der Waals surface area (Å²) < 4.78 is 26.9. The second kappa shape index (κ2) is 5.53. The number of sulfonamides is 1. The molecule has 0 aliphatic heterocycles. The molecule has 7 heteroatoms. The highest BCUT2D eigenvalue weighted by atomic mass is 32.2. The van der Waals surface area contributed by atoms with Gasteiger partial charge in [0.2, 0.25) is 0 Å². The largest absolute Gasteiger partial charge is 0.399 e. The van der Waals surface area contributed by atoms with Gasteiger partial charge in [-0.25, -0.2) is 8.42 Å². The Labute approximate surface area is 122 Å². The van der Waals surface area contributed by atoms with Crippen molar-refractivity contribution in [3.63, 3.8) is 0 Å². The molecule has 0 spiro atoms. The van der Waals surface area contributed by atoms with E-state index < -0.39 is 10.0 Å². The maximum absolute atomic E-state index is 12.3. The Bertz CT molecular complexity index is 877. The molecule has 0 amide bonds. The fourth-order valence-corrected chi connectivity index (χ4v) is 2.92. The van der Waals surface area contributed by atoms with Crippen LogP contribution in [0.5, 0.6) is 0 Å². The summed E-state index contributed by atoms with van der Waals surface area (Å²) in [5.41, 5.74) is 6.37. The third-order valence-electron chi connectivity index (χ3n) is 2.66. The van der Waals surface area contributed by atoms with Crippen LogP contribution in [0.15, 0.2) is 47.4 Å². The van der Waals surface area contributed by atoms with E-state index in [0.29, 0.717) is 11.3 Å². The van der Waals surface area contributed by atoms with E-state index in [1.165, 1.54) is 30.3 Å². The summed E-state index contributed by atoms with van der Waals surface area (Å²) in [4.78, 5) is -0.165. The molecule has 0 fully saturated rings. The van der Waals surface area contributed by atoms with E-state index in [9.17, 15) is 8.42 Å². The van der Waals surface area contributed by atoms with Gasteiger partial charge in [-0.15, -0.1) is 0 Å². The van der Waals surface area contributed by atoms with Gasteiger partial charge in [0.25, 0.3) is 10.0 Å². The highest BCUT2D eigenvalue weighted by Crippen LogP contribution is 2.21. The van der Waals surface area contributed by atoms with Crippen LogP contribution in [0.25, 0.3) is 0 Å². The molecular formula is C14H10N4O2S. The molecule has 3 N–H and O–H groups in total. The highest BCUT2D eigenvalue weighted by Gasteiger charge is 2.19. The van der Waals surface area contributed by atoms with Gasteiger partial charge < -0.3 is 5.73 Å². The SMILES string of the molecule is N#Cc1cccc(NS(=O)(=O)c2ccc(N)cc2C#N)c1. The minimum Gasteiger partial charge on any atom is -0.399 e. The summed E-state index contributed by atoms with van der Waals surface area (Å²) >= 11 is 0. The number of benzene rings is 2. The van der Waals surface area contributed by atoms with Gasteiger partial charge in [0.1, 0.15) is 11.0 Å². The van der Waals surface area contributed by atoms with Crippen molar-refractivity contribution in [2.45, 2.75) is 4.90 Å². The lowest BCUT2D eigenvalue weighted by atomic mass is 10.2. The van der Waals surface area contributed by atoms with Crippen molar-refractivity contribution in [3.8, 4) is 12.1 Å². The molecule has 0 atom stereocenters. The zero-order chi connectivity index (χ0) is 15.5. The number of nitrogen functional groups attached to an aromatic ring is 1. The first-order valence-corrected chi connectivity index (χ1v) is 7.27. The molecule has 0 radical (unpaired) electrons. The smallest absolute Gasteiger partial charge is 0.263 e. The van der Waals surface area contributed by atoms with Gasteiger partial charge in [0.15, 0.2) is 0 Å². The van der Waals surface area contributed by atoms with E-state index in [1.807, 2.05) is 6.07 Å². The summed E-state index contributed by atoms with van der Waals surface area (Å²) in [6.45, 7) is 0. The summed E-state index contributed by atoms with van der Waals surface area (Å²) in [6.07, 6.45) is 0. The fraction of sp³-hybridized carbons (Fsp3) is 0. The number of nitrogens with one attached hydrogen (secondary N) is 1. The Kier molecular flexibility index (Phi) is 3.79. The van der Waals surface area contributed by atoms with Crippen LogP contribution in [0.2, 0.25) is 0 Å². The van der Waals surface area contributed by atoms with Gasteiger partial charge in [0, 0.05) is 5.69 Å². The monoisotopic (exact) mass is 298 g/mol. The van der Waals surface area contributed by atoms with Crippen molar-refractivity contribution in [3.05, 3.63) is 53.6 Å². The molecule has 2 aromatic carbocycles. The van der Waals surface area contributed by atoms with E-state index in [4.69, 9.17) is 16.3 Å². The van der Waals surface area contributed by atoms with Gasteiger partial charge >= 0.3 is 0 Å². The van der Waals surface area contributed by atoms with Crippen LogP contribution >= 0.6 is 0 Å². The Morgan fingerprint density at radius 3 is 2.48 bits per heavy atom. The number of nitrogens with two attached hydrogens (primary N) is 1. The molecule has 21 heavy (non-hydrogen) atoms. The molecule has 6 nitrogen and oxygen atoms in total. The molecule has 0 saturated heterocycles. The van der Waals surface area contributed by atoms with Crippen LogP contribution in [-0.2, 0) is 10.0 Å². The Morgan fingerprint density at radius 2 is 1.81 bits per heavy atom. The number of nitrogens with zero attached hydrogens (tertiary/aromatic N) is 2. The summed E-state index contributed by atoms with van der Waals surface area (Å²) in [6, 6.07) is 13.7. The van der Waals surface area contributed by atoms with Crippen molar-refractivity contribution < 1.29 is 8.42 Å².